The maximum Gasteiger partial charge on any atom is 0.223 e. The van der Waals surface area contributed by atoms with E-state index in [2.05, 4.69) is 34.1 Å². The van der Waals surface area contributed by atoms with Crippen molar-refractivity contribution in [2.24, 2.45) is 0 Å². The number of hydrogen-bond acceptors (Lipinski definition) is 5. The summed E-state index contributed by atoms with van der Waals surface area (Å²) in [5.74, 6) is 2.00. The molecule has 168 valence electrons. The molecule has 0 radical (unpaired) electrons. The van der Waals surface area contributed by atoms with Crippen LogP contribution in [-0.4, -0.2) is 55.5 Å². The Hall–Kier alpha value is -3.25. The Kier molecular flexibility index (Phi) is 7.46. The minimum Gasteiger partial charge on any atom is -0.497 e. The number of carbonyl (C=O) groups is 1. The molecule has 4 rings (SSSR count). The number of hydrogen-bond donors (Lipinski definition) is 0. The quantitative estimate of drug-likeness (QED) is 0.510. The van der Waals surface area contributed by atoms with Crippen molar-refractivity contribution in [3.8, 4) is 5.75 Å². The maximum atomic E-state index is 12.9. The number of anilines is 1. The largest absolute Gasteiger partial charge is 0.497 e. The van der Waals surface area contributed by atoms with Crippen LogP contribution < -0.4 is 9.64 Å². The molecule has 0 atom stereocenters. The molecule has 1 amide bonds. The normalized spacial score (nSPS) is 14.1. The molecule has 1 saturated heterocycles. The average molecular weight is 434 g/mol. The molecule has 1 aliphatic heterocycles. The molecule has 1 fully saturated rings. The molecule has 3 aromatic rings. The van der Waals surface area contributed by atoms with Gasteiger partial charge >= 0.3 is 0 Å². The van der Waals surface area contributed by atoms with E-state index in [1.807, 2.05) is 47.4 Å². The van der Waals surface area contributed by atoms with Crippen LogP contribution >= 0.6 is 0 Å². The third-order valence-corrected chi connectivity index (χ3v) is 5.92. The first-order chi connectivity index (χ1) is 15.7. The lowest BCUT2D eigenvalue weighted by molar-refractivity contribution is -0.131. The molecule has 0 saturated carbocycles. The third kappa shape index (κ3) is 5.92. The second-order valence-electron chi connectivity index (χ2n) is 8.09. The smallest absolute Gasteiger partial charge is 0.223 e. The van der Waals surface area contributed by atoms with Crippen LogP contribution in [-0.2, 0) is 17.9 Å². The van der Waals surface area contributed by atoms with Gasteiger partial charge in [0.1, 0.15) is 11.5 Å². The Balaban J connectivity index is 1.29. The first-order valence-electron chi connectivity index (χ1n) is 11.2. The summed E-state index contributed by atoms with van der Waals surface area (Å²) in [5, 5.41) is 0. The van der Waals surface area contributed by atoms with Gasteiger partial charge in [-0.1, -0.05) is 30.3 Å². The molecule has 1 aliphatic rings. The number of rotatable bonds is 9. The van der Waals surface area contributed by atoms with Gasteiger partial charge in [0.15, 0.2) is 0 Å². The molecular formula is C26H31N3O3. The third-order valence-electron chi connectivity index (χ3n) is 5.92. The highest BCUT2D eigenvalue weighted by atomic mass is 16.5. The number of amides is 1. The molecule has 1 aromatic heterocycles. The summed E-state index contributed by atoms with van der Waals surface area (Å²) >= 11 is 0. The van der Waals surface area contributed by atoms with Crippen LogP contribution in [0.5, 0.6) is 5.75 Å². The summed E-state index contributed by atoms with van der Waals surface area (Å²) < 4.78 is 10.8. The number of methoxy groups -OCH3 is 1. The van der Waals surface area contributed by atoms with Gasteiger partial charge in [-0.3, -0.25) is 9.69 Å². The molecule has 6 heteroatoms. The van der Waals surface area contributed by atoms with E-state index in [1.165, 1.54) is 11.3 Å². The minimum atomic E-state index is 0.219. The average Bonchev–Trinajstić information content (AvgIpc) is 3.36. The van der Waals surface area contributed by atoms with Crippen LogP contribution in [0.3, 0.4) is 0 Å². The number of nitrogens with zero attached hydrogens (tertiary/aromatic N) is 3. The molecular weight excluding hydrogens is 402 g/mol. The first-order valence-corrected chi connectivity index (χ1v) is 11.2. The van der Waals surface area contributed by atoms with Gasteiger partial charge < -0.3 is 19.0 Å². The second kappa shape index (κ2) is 10.9. The lowest BCUT2D eigenvalue weighted by Gasteiger charge is -2.36. The van der Waals surface area contributed by atoms with Crippen molar-refractivity contribution >= 4 is 11.6 Å². The molecule has 2 heterocycles. The van der Waals surface area contributed by atoms with E-state index in [-0.39, 0.29) is 5.91 Å². The van der Waals surface area contributed by atoms with Crippen molar-refractivity contribution < 1.29 is 13.9 Å². The van der Waals surface area contributed by atoms with E-state index in [1.54, 1.807) is 13.4 Å². The van der Waals surface area contributed by atoms with Crippen molar-refractivity contribution in [2.75, 3.05) is 44.7 Å². The van der Waals surface area contributed by atoms with E-state index in [9.17, 15) is 4.79 Å². The molecule has 32 heavy (non-hydrogen) atoms. The number of carbonyl (C=O) groups excluding carboxylic acids is 1. The van der Waals surface area contributed by atoms with E-state index in [0.29, 0.717) is 19.5 Å². The zero-order valence-electron chi connectivity index (χ0n) is 18.7. The highest BCUT2D eigenvalue weighted by Gasteiger charge is 2.22. The van der Waals surface area contributed by atoms with Gasteiger partial charge in [-0.15, -0.1) is 0 Å². The lowest BCUT2D eigenvalue weighted by atomic mass is 10.2. The number of ether oxygens (including phenoxy) is 1. The van der Waals surface area contributed by atoms with Crippen LogP contribution in [0.2, 0.25) is 0 Å². The number of piperazine rings is 1. The van der Waals surface area contributed by atoms with Crippen LogP contribution in [0.25, 0.3) is 0 Å². The van der Waals surface area contributed by atoms with E-state index in [4.69, 9.17) is 9.15 Å². The summed E-state index contributed by atoms with van der Waals surface area (Å²) in [6, 6.07) is 22.4. The SMILES string of the molecule is COc1ccc(N2CCN(C(=O)CCN(Cc3ccccc3)Cc3ccco3)CC2)cc1. The van der Waals surface area contributed by atoms with Crippen LogP contribution in [0.4, 0.5) is 5.69 Å². The monoisotopic (exact) mass is 433 g/mol. The predicted molar refractivity (Wildman–Crippen MR) is 126 cm³/mol. The van der Waals surface area contributed by atoms with Gasteiger partial charge in [-0.2, -0.15) is 0 Å². The fourth-order valence-electron chi connectivity index (χ4n) is 4.10. The van der Waals surface area contributed by atoms with Gasteiger partial charge in [-0.25, -0.2) is 0 Å². The Morgan fingerprint density at radius 1 is 0.938 bits per heavy atom. The predicted octanol–water partition coefficient (Wildman–Crippen LogP) is 4.03. The molecule has 0 bridgehead atoms. The Labute approximate surface area is 190 Å². The Morgan fingerprint density at radius 3 is 2.34 bits per heavy atom. The van der Waals surface area contributed by atoms with Crippen molar-refractivity contribution in [3.05, 3.63) is 84.3 Å². The molecule has 0 spiro atoms. The minimum absolute atomic E-state index is 0.219. The molecule has 0 N–H and O–H groups in total. The molecule has 2 aromatic carbocycles. The summed E-state index contributed by atoms with van der Waals surface area (Å²) in [5.41, 5.74) is 2.41. The van der Waals surface area contributed by atoms with Crippen molar-refractivity contribution in [2.45, 2.75) is 19.5 Å². The Bertz CT molecular complexity index is 950. The van der Waals surface area contributed by atoms with Crippen molar-refractivity contribution in [1.82, 2.24) is 9.80 Å². The fourth-order valence-corrected chi connectivity index (χ4v) is 4.10. The van der Waals surface area contributed by atoms with Crippen LogP contribution in [0, 0.1) is 0 Å². The zero-order valence-corrected chi connectivity index (χ0v) is 18.7. The highest BCUT2D eigenvalue weighted by molar-refractivity contribution is 5.76. The van der Waals surface area contributed by atoms with Crippen molar-refractivity contribution in [3.63, 3.8) is 0 Å². The maximum absolute atomic E-state index is 12.9. The van der Waals surface area contributed by atoms with Gasteiger partial charge in [0, 0.05) is 51.4 Å². The summed E-state index contributed by atoms with van der Waals surface area (Å²) in [6.07, 6.45) is 2.21. The summed E-state index contributed by atoms with van der Waals surface area (Å²) in [4.78, 5) is 19.5. The fraction of sp³-hybridized carbons (Fsp3) is 0.346. The van der Waals surface area contributed by atoms with Gasteiger partial charge in [-0.05, 0) is 42.0 Å². The molecule has 0 aliphatic carbocycles. The zero-order chi connectivity index (χ0) is 22.2. The highest BCUT2D eigenvalue weighted by Crippen LogP contribution is 2.21. The van der Waals surface area contributed by atoms with E-state index >= 15 is 0 Å². The molecule has 6 nitrogen and oxygen atoms in total. The standard InChI is InChI=1S/C26H31N3O3/c1-31-24-11-9-23(10-12-24)28-15-17-29(18-16-28)26(30)13-14-27(21-25-8-5-19-32-25)20-22-6-3-2-4-7-22/h2-12,19H,13-18,20-21H2,1H3. The summed E-state index contributed by atoms with van der Waals surface area (Å²) in [7, 11) is 1.68. The van der Waals surface area contributed by atoms with Crippen LogP contribution in [0.1, 0.15) is 17.7 Å². The Morgan fingerprint density at radius 2 is 1.69 bits per heavy atom. The van der Waals surface area contributed by atoms with E-state index < -0.39 is 0 Å². The lowest BCUT2D eigenvalue weighted by Crippen LogP contribution is -2.49. The number of benzene rings is 2. The van der Waals surface area contributed by atoms with Gasteiger partial charge in [0.25, 0.3) is 0 Å². The summed E-state index contributed by atoms with van der Waals surface area (Å²) in [6.45, 7) is 5.38. The second-order valence-corrected chi connectivity index (χ2v) is 8.09. The van der Waals surface area contributed by atoms with Crippen molar-refractivity contribution in [1.29, 1.82) is 0 Å². The van der Waals surface area contributed by atoms with E-state index in [0.717, 1.165) is 44.2 Å². The van der Waals surface area contributed by atoms with Gasteiger partial charge in [0.2, 0.25) is 5.91 Å². The van der Waals surface area contributed by atoms with Gasteiger partial charge in [0.05, 0.1) is 19.9 Å². The first kappa shape index (κ1) is 22.0. The topological polar surface area (TPSA) is 49.2 Å². The molecule has 0 unspecified atom stereocenters. The van der Waals surface area contributed by atoms with Crippen LogP contribution in [0.15, 0.2) is 77.4 Å². The number of furan rings is 1.